The first-order valence-corrected chi connectivity index (χ1v) is 5.84. The van der Waals surface area contributed by atoms with Gasteiger partial charge in [-0.15, -0.1) is 0 Å². The van der Waals surface area contributed by atoms with Gasteiger partial charge in [0.25, 0.3) is 0 Å². The molecule has 0 bridgehead atoms. The largest absolute Gasteiger partial charge is 0.353 e. The van der Waals surface area contributed by atoms with Crippen molar-refractivity contribution in [3.63, 3.8) is 0 Å². The molecule has 0 atom stereocenters. The van der Waals surface area contributed by atoms with Gasteiger partial charge >= 0.3 is 0 Å². The lowest BCUT2D eigenvalue weighted by molar-refractivity contribution is 0.881. The summed E-state index contributed by atoms with van der Waals surface area (Å²) in [5.74, 6) is 0. The fourth-order valence-electron chi connectivity index (χ4n) is 1.80. The molecule has 18 heavy (non-hydrogen) atoms. The van der Waals surface area contributed by atoms with Gasteiger partial charge in [0.05, 0.1) is 23.8 Å². The quantitative estimate of drug-likeness (QED) is 0.751. The molecule has 0 radical (unpaired) electrons. The molecule has 0 aliphatic carbocycles. The minimum Gasteiger partial charge on any atom is -0.353 e. The second kappa shape index (κ2) is 4.75. The average molecular weight is 235 g/mol. The molecule has 1 heterocycles. The molecule has 3 heteroatoms. The van der Waals surface area contributed by atoms with Crippen LogP contribution in [0, 0.1) is 0 Å². The molecule has 2 aromatic carbocycles. The number of rotatable bonds is 3. The third-order valence-electron chi connectivity index (χ3n) is 2.67. The van der Waals surface area contributed by atoms with Crippen molar-refractivity contribution in [2.24, 2.45) is 0 Å². The zero-order valence-electron chi connectivity index (χ0n) is 9.82. The van der Waals surface area contributed by atoms with E-state index in [4.69, 9.17) is 0 Å². The summed E-state index contributed by atoms with van der Waals surface area (Å²) >= 11 is 0. The lowest BCUT2D eigenvalue weighted by atomic mass is 10.3. The minimum atomic E-state index is 0.977. The normalized spacial score (nSPS) is 10.2. The van der Waals surface area contributed by atoms with Gasteiger partial charge in [-0.05, 0) is 24.3 Å². The van der Waals surface area contributed by atoms with E-state index in [0.29, 0.717) is 0 Å². The Morgan fingerprint density at radius 1 is 0.778 bits per heavy atom. The van der Waals surface area contributed by atoms with E-state index in [1.807, 2.05) is 77.7 Å². The molecule has 3 aromatic rings. The summed E-state index contributed by atoms with van der Waals surface area (Å²) in [4.78, 5) is 0. The van der Waals surface area contributed by atoms with Crippen molar-refractivity contribution in [3.05, 3.63) is 73.1 Å². The van der Waals surface area contributed by atoms with E-state index in [1.165, 1.54) is 0 Å². The Morgan fingerprint density at radius 2 is 1.44 bits per heavy atom. The molecule has 0 aliphatic heterocycles. The summed E-state index contributed by atoms with van der Waals surface area (Å²) < 4.78 is 1.85. The third kappa shape index (κ3) is 2.25. The Balaban J connectivity index is 1.82. The summed E-state index contributed by atoms with van der Waals surface area (Å²) in [6.45, 7) is 0. The Bertz CT molecular complexity index is 615. The monoisotopic (exact) mass is 235 g/mol. The summed E-state index contributed by atoms with van der Waals surface area (Å²) in [5.41, 5.74) is 3.09. The fourth-order valence-corrected chi connectivity index (χ4v) is 1.80. The molecule has 1 N–H and O–H groups in total. The number of para-hydroxylation sites is 2. The molecule has 0 spiro atoms. The van der Waals surface area contributed by atoms with Gasteiger partial charge in [0.15, 0.2) is 0 Å². The number of nitrogens with one attached hydrogen (secondary N) is 1. The van der Waals surface area contributed by atoms with Crippen LogP contribution in [0.25, 0.3) is 5.69 Å². The van der Waals surface area contributed by atoms with Crippen LogP contribution in [0.15, 0.2) is 73.1 Å². The van der Waals surface area contributed by atoms with E-state index >= 15 is 0 Å². The predicted octanol–water partition coefficient (Wildman–Crippen LogP) is 3.62. The van der Waals surface area contributed by atoms with Gasteiger partial charge in [0, 0.05) is 5.69 Å². The zero-order chi connectivity index (χ0) is 12.2. The van der Waals surface area contributed by atoms with Crippen LogP contribution >= 0.6 is 0 Å². The molecule has 0 unspecified atom stereocenters. The van der Waals surface area contributed by atoms with Crippen LogP contribution < -0.4 is 5.32 Å². The number of benzene rings is 2. The molecule has 3 rings (SSSR count). The fraction of sp³-hybridized carbons (Fsp3) is 0. The molecule has 0 saturated heterocycles. The van der Waals surface area contributed by atoms with Gasteiger partial charge in [-0.2, -0.15) is 5.10 Å². The van der Waals surface area contributed by atoms with Gasteiger partial charge in [-0.3, -0.25) is 0 Å². The van der Waals surface area contributed by atoms with Crippen LogP contribution in [0.2, 0.25) is 0 Å². The molecule has 0 aliphatic rings. The predicted molar refractivity (Wildman–Crippen MR) is 73.3 cm³/mol. The van der Waals surface area contributed by atoms with Gasteiger partial charge < -0.3 is 5.32 Å². The molecule has 88 valence electrons. The van der Waals surface area contributed by atoms with E-state index < -0.39 is 0 Å². The van der Waals surface area contributed by atoms with E-state index in [0.717, 1.165) is 17.1 Å². The summed E-state index contributed by atoms with van der Waals surface area (Å²) in [5, 5.41) is 7.65. The standard InChI is InChI=1S/C15H13N3/c1-3-7-13(8-4-1)17-14-11-16-18(12-14)15-9-5-2-6-10-15/h1-12,17H. The maximum atomic E-state index is 4.34. The smallest absolute Gasteiger partial charge is 0.0775 e. The van der Waals surface area contributed by atoms with Crippen LogP contribution in [0.4, 0.5) is 11.4 Å². The van der Waals surface area contributed by atoms with E-state index in [9.17, 15) is 0 Å². The molecule has 3 nitrogen and oxygen atoms in total. The Labute approximate surface area is 106 Å². The van der Waals surface area contributed by atoms with E-state index in [-0.39, 0.29) is 0 Å². The highest BCUT2D eigenvalue weighted by Crippen LogP contribution is 2.16. The number of hydrogen-bond donors (Lipinski definition) is 1. The highest BCUT2D eigenvalue weighted by Gasteiger charge is 2.00. The molecular formula is C15H13N3. The number of nitrogens with zero attached hydrogens (tertiary/aromatic N) is 2. The number of aromatic nitrogens is 2. The highest BCUT2D eigenvalue weighted by atomic mass is 15.3. The molecule has 1 aromatic heterocycles. The van der Waals surface area contributed by atoms with Crippen LogP contribution in [0.5, 0.6) is 0 Å². The lowest BCUT2D eigenvalue weighted by Crippen LogP contribution is -1.93. The zero-order valence-corrected chi connectivity index (χ0v) is 9.82. The van der Waals surface area contributed by atoms with Gasteiger partial charge in [-0.25, -0.2) is 4.68 Å². The summed E-state index contributed by atoms with van der Waals surface area (Å²) in [6, 6.07) is 20.1. The summed E-state index contributed by atoms with van der Waals surface area (Å²) in [6.07, 6.45) is 3.79. The van der Waals surface area contributed by atoms with Crippen molar-refractivity contribution in [3.8, 4) is 5.69 Å². The first-order chi connectivity index (χ1) is 8.92. The van der Waals surface area contributed by atoms with Gasteiger partial charge in [0.1, 0.15) is 0 Å². The van der Waals surface area contributed by atoms with E-state index in [2.05, 4.69) is 10.4 Å². The van der Waals surface area contributed by atoms with E-state index in [1.54, 1.807) is 0 Å². The summed E-state index contributed by atoms with van der Waals surface area (Å²) in [7, 11) is 0. The molecule has 0 saturated carbocycles. The second-order valence-electron chi connectivity index (χ2n) is 4.00. The van der Waals surface area contributed by atoms with Gasteiger partial charge in [-0.1, -0.05) is 36.4 Å². The Kier molecular flexibility index (Phi) is 2.80. The van der Waals surface area contributed by atoms with Crippen molar-refractivity contribution in [1.29, 1.82) is 0 Å². The van der Waals surface area contributed by atoms with Crippen LogP contribution in [0.1, 0.15) is 0 Å². The van der Waals surface area contributed by atoms with Crippen molar-refractivity contribution < 1.29 is 0 Å². The number of hydrogen-bond acceptors (Lipinski definition) is 2. The van der Waals surface area contributed by atoms with Crippen molar-refractivity contribution in [2.75, 3.05) is 5.32 Å². The first-order valence-electron chi connectivity index (χ1n) is 5.84. The number of anilines is 2. The first kappa shape index (κ1) is 10.6. The Morgan fingerprint density at radius 3 is 2.17 bits per heavy atom. The second-order valence-corrected chi connectivity index (χ2v) is 4.00. The lowest BCUT2D eigenvalue weighted by Gasteiger charge is -2.02. The minimum absolute atomic E-state index is 0.977. The van der Waals surface area contributed by atoms with Crippen LogP contribution in [0.3, 0.4) is 0 Å². The van der Waals surface area contributed by atoms with Crippen molar-refractivity contribution in [1.82, 2.24) is 9.78 Å². The van der Waals surface area contributed by atoms with Crippen LogP contribution in [-0.2, 0) is 0 Å². The maximum Gasteiger partial charge on any atom is 0.0775 e. The maximum absolute atomic E-state index is 4.34. The SMILES string of the molecule is c1ccc(Nc2cnn(-c3ccccc3)c2)cc1. The average Bonchev–Trinajstić information content (AvgIpc) is 2.89. The molecule has 0 amide bonds. The molecular weight excluding hydrogens is 222 g/mol. The van der Waals surface area contributed by atoms with Crippen molar-refractivity contribution in [2.45, 2.75) is 0 Å². The topological polar surface area (TPSA) is 29.9 Å². The highest BCUT2D eigenvalue weighted by molar-refractivity contribution is 5.58. The van der Waals surface area contributed by atoms with Crippen molar-refractivity contribution >= 4 is 11.4 Å². The Hall–Kier alpha value is -2.55. The van der Waals surface area contributed by atoms with Crippen LogP contribution in [-0.4, -0.2) is 9.78 Å². The molecule has 0 fully saturated rings. The van der Waals surface area contributed by atoms with Gasteiger partial charge in [0.2, 0.25) is 0 Å². The third-order valence-corrected chi connectivity index (χ3v) is 2.67.